The van der Waals surface area contributed by atoms with Crippen LogP contribution < -0.4 is 5.32 Å². The van der Waals surface area contributed by atoms with Gasteiger partial charge in [-0.1, -0.05) is 45.4 Å². The van der Waals surface area contributed by atoms with Crippen LogP contribution in [0.5, 0.6) is 0 Å². The molecule has 0 aromatic heterocycles. The first-order valence-corrected chi connectivity index (χ1v) is 7.23. The maximum absolute atomic E-state index is 10.0. The Morgan fingerprint density at radius 3 is 2.38 bits per heavy atom. The van der Waals surface area contributed by atoms with E-state index in [4.69, 9.17) is 0 Å². The minimum Gasteiger partial charge on any atom is -0.393 e. The van der Waals surface area contributed by atoms with Crippen LogP contribution in [0.3, 0.4) is 0 Å². The number of nitrogens with one attached hydrogen (secondary N) is 1. The maximum atomic E-state index is 10.0. The van der Waals surface area contributed by atoms with Gasteiger partial charge in [-0.05, 0) is 38.3 Å². The number of hydrogen-bond donors (Lipinski definition) is 2. The van der Waals surface area contributed by atoms with Crippen molar-refractivity contribution < 1.29 is 5.11 Å². The summed E-state index contributed by atoms with van der Waals surface area (Å²) in [6, 6.07) is 0. The minimum absolute atomic E-state index is 0.0340. The van der Waals surface area contributed by atoms with Crippen LogP contribution in [0.2, 0.25) is 0 Å². The minimum atomic E-state index is -0.0340. The molecule has 0 aromatic carbocycles. The molecule has 1 atom stereocenters. The lowest BCUT2D eigenvalue weighted by molar-refractivity contribution is 0.0785. The fourth-order valence-corrected chi connectivity index (χ4v) is 2.60. The number of unbranched alkanes of at least 4 members (excludes halogenated alkanes) is 5. The van der Waals surface area contributed by atoms with E-state index in [1.54, 1.807) is 0 Å². The third-order valence-electron chi connectivity index (χ3n) is 3.78. The maximum Gasteiger partial charge on any atom is 0.0569 e. The molecule has 0 amide bonds. The van der Waals surface area contributed by atoms with Gasteiger partial charge in [0.05, 0.1) is 6.10 Å². The molecule has 2 N–H and O–H groups in total. The average Bonchev–Trinajstić information content (AvgIpc) is 2.34. The summed E-state index contributed by atoms with van der Waals surface area (Å²) in [4.78, 5) is 0. The van der Waals surface area contributed by atoms with Crippen LogP contribution in [0.1, 0.15) is 64.7 Å². The number of piperidine rings is 1. The van der Waals surface area contributed by atoms with Crippen LogP contribution in [0.4, 0.5) is 0 Å². The number of aliphatic hydroxyl groups excluding tert-OH is 1. The van der Waals surface area contributed by atoms with Gasteiger partial charge >= 0.3 is 0 Å². The van der Waals surface area contributed by atoms with Crippen molar-refractivity contribution in [3.8, 4) is 0 Å². The lowest BCUT2D eigenvalue weighted by Crippen LogP contribution is -2.34. The highest BCUT2D eigenvalue weighted by molar-refractivity contribution is 4.75. The highest BCUT2D eigenvalue weighted by atomic mass is 16.3. The van der Waals surface area contributed by atoms with E-state index in [0.29, 0.717) is 5.92 Å². The summed E-state index contributed by atoms with van der Waals surface area (Å²) in [5.74, 6) is 0.567. The third-order valence-corrected chi connectivity index (χ3v) is 3.78. The quantitative estimate of drug-likeness (QED) is 0.625. The van der Waals surface area contributed by atoms with Crippen molar-refractivity contribution in [2.24, 2.45) is 5.92 Å². The zero-order chi connectivity index (χ0) is 11.6. The Bertz CT molecular complexity index is 155. The summed E-state index contributed by atoms with van der Waals surface area (Å²) in [5, 5.41) is 13.4. The molecule has 2 nitrogen and oxygen atoms in total. The fraction of sp³-hybridized carbons (Fsp3) is 1.00. The zero-order valence-electron chi connectivity index (χ0n) is 10.9. The Balaban J connectivity index is 1.94. The summed E-state index contributed by atoms with van der Waals surface area (Å²) >= 11 is 0. The van der Waals surface area contributed by atoms with Crippen molar-refractivity contribution in [3.63, 3.8) is 0 Å². The molecule has 1 rings (SSSR count). The van der Waals surface area contributed by atoms with Gasteiger partial charge in [-0.25, -0.2) is 0 Å². The van der Waals surface area contributed by atoms with Crippen molar-refractivity contribution in [3.05, 3.63) is 0 Å². The predicted octanol–water partition coefficient (Wildman–Crippen LogP) is 3.10. The Labute approximate surface area is 101 Å². The predicted molar refractivity (Wildman–Crippen MR) is 69.6 cm³/mol. The van der Waals surface area contributed by atoms with Crippen molar-refractivity contribution in [2.75, 3.05) is 13.1 Å². The molecule has 1 heterocycles. The second kappa shape index (κ2) is 9.00. The normalized spacial score (nSPS) is 19.9. The average molecular weight is 227 g/mol. The molecule has 0 aromatic rings. The van der Waals surface area contributed by atoms with E-state index in [0.717, 1.165) is 32.4 Å². The van der Waals surface area contributed by atoms with E-state index in [-0.39, 0.29) is 6.10 Å². The molecule has 2 heteroatoms. The van der Waals surface area contributed by atoms with Crippen LogP contribution in [-0.4, -0.2) is 24.3 Å². The molecule has 96 valence electrons. The second-order valence-corrected chi connectivity index (χ2v) is 5.21. The van der Waals surface area contributed by atoms with Gasteiger partial charge in [0.25, 0.3) is 0 Å². The molecular formula is C14H29NO. The topological polar surface area (TPSA) is 32.3 Å². The summed E-state index contributed by atoms with van der Waals surface area (Å²) < 4.78 is 0. The Morgan fingerprint density at radius 2 is 1.69 bits per heavy atom. The van der Waals surface area contributed by atoms with Gasteiger partial charge in [-0.2, -0.15) is 0 Å². The van der Waals surface area contributed by atoms with Gasteiger partial charge in [0.15, 0.2) is 0 Å². The molecular weight excluding hydrogens is 198 g/mol. The SMILES string of the molecule is CCCCCCCCC(O)C1CCNCC1. The first kappa shape index (κ1) is 14.0. The van der Waals surface area contributed by atoms with Crippen LogP contribution in [-0.2, 0) is 0 Å². The zero-order valence-corrected chi connectivity index (χ0v) is 10.9. The monoisotopic (exact) mass is 227 g/mol. The van der Waals surface area contributed by atoms with Gasteiger partial charge in [-0.15, -0.1) is 0 Å². The first-order valence-electron chi connectivity index (χ1n) is 7.23. The molecule has 1 aliphatic heterocycles. The van der Waals surface area contributed by atoms with Gasteiger partial charge in [0.1, 0.15) is 0 Å². The van der Waals surface area contributed by atoms with E-state index < -0.39 is 0 Å². The Hall–Kier alpha value is -0.0800. The highest BCUT2D eigenvalue weighted by Crippen LogP contribution is 2.20. The molecule has 0 spiro atoms. The molecule has 1 aliphatic rings. The summed E-state index contributed by atoms with van der Waals surface area (Å²) in [5.41, 5.74) is 0. The molecule has 1 saturated heterocycles. The molecule has 16 heavy (non-hydrogen) atoms. The van der Waals surface area contributed by atoms with Gasteiger partial charge in [-0.3, -0.25) is 0 Å². The number of aliphatic hydroxyl groups is 1. The van der Waals surface area contributed by atoms with Crippen molar-refractivity contribution in [1.82, 2.24) is 5.32 Å². The molecule has 0 radical (unpaired) electrons. The Morgan fingerprint density at radius 1 is 1.06 bits per heavy atom. The standard InChI is InChI=1S/C14H29NO/c1-2-3-4-5-6-7-8-14(16)13-9-11-15-12-10-13/h13-16H,2-12H2,1H3. The van der Waals surface area contributed by atoms with Gasteiger partial charge in [0.2, 0.25) is 0 Å². The molecule has 1 unspecified atom stereocenters. The lowest BCUT2D eigenvalue weighted by Gasteiger charge is -2.27. The van der Waals surface area contributed by atoms with Crippen molar-refractivity contribution >= 4 is 0 Å². The second-order valence-electron chi connectivity index (χ2n) is 5.21. The van der Waals surface area contributed by atoms with Crippen LogP contribution in [0, 0.1) is 5.92 Å². The third kappa shape index (κ3) is 5.86. The molecule has 0 saturated carbocycles. The van der Waals surface area contributed by atoms with E-state index in [2.05, 4.69) is 12.2 Å². The largest absolute Gasteiger partial charge is 0.393 e. The van der Waals surface area contributed by atoms with Crippen LogP contribution >= 0.6 is 0 Å². The van der Waals surface area contributed by atoms with E-state index >= 15 is 0 Å². The molecule has 0 bridgehead atoms. The van der Waals surface area contributed by atoms with Crippen molar-refractivity contribution in [2.45, 2.75) is 70.8 Å². The fourth-order valence-electron chi connectivity index (χ4n) is 2.60. The number of hydrogen-bond acceptors (Lipinski definition) is 2. The number of rotatable bonds is 8. The highest BCUT2D eigenvalue weighted by Gasteiger charge is 2.20. The summed E-state index contributed by atoms with van der Waals surface area (Å²) in [7, 11) is 0. The molecule has 0 aliphatic carbocycles. The summed E-state index contributed by atoms with van der Waals surface area (Å²) in [6.07, 6.45) is 11.3. The van der Waals surface area contributed by atoms with Crippen LogP contribution in [0.25, 0.3) is 0 Å². The van der Waals surface area contributed by atoms with Crippen LogP contribution in [0.15, 0.2) is 0 Å². The Kier molecular flexibility index (Phi) is 7.87. The van der Waals surface area contributed by atoms with Gasteiger partial charge in [0, 0.05) is 0 Å². The van der Waals surface area contributed by atoms with Gasteiger partial charge < -0.3 is 10.4 Å². The molecule has 1 fully saturated rings. The van der Waals surface area contributed by atoms with E-state index in [9.17, 15) is 5.11 Å². The smallest absolute Gasteiger partial charge is 0.0569 e. The first-order chi connectivity index (χ1) is 7.84. The van der Waals surface area contributed by atoms with E-state index in [1.807, 2.05) is 0 Å². The van der Waals surface area contributed by atoms with Crippen molar-refractivity contribution in [1.29, 1.82) is 0 Å². The lowest BCUT2D eigenvalue weighted by atomic mass is 9.89. The summed E-state index contributed by atoms with van der Waals surface area (Å²) in [6.45, 7) is 4.44. The van der Waals surface area contributed by atoms with E-state index in [1.165, 1.54) is 38.5 Å².